The van der Waals surface area contributed by atoms with Gasteiger partial charge in [-0.3, -0.25) is 0 Å². The smallest absolute Gasteiger partial charge is 0.341 e. The molecular formula is C5H4N2O3. The maximum atomic E-state index is 10.2. The highest BCUT2D eigenvalue weighted by Crippen LogP contribution is 2.08. The molecule has 0 atom stereocenters. The molecule has 0 aliphatic rings. The van der Waals surface area contributed by atoms with Gasteiger partial charge in [0.1, 0.15) is 5.56 Å². The van der Waals surface area contributed by atoms with Crippen molar-refractivity contribution in [3.8, 4) is 5.88 Å². The van der Waals surface area contributed by atoms with Crippen molar-refractivity contribution >= 4 is 5.97 Å². The third kappa shape index (κ3) is 1.02. The van der Waals surface area contributed by atoms with E-state index in [4.69, 9.17) is 10.2 Å². The van der Waals surface area contributed by atoms with Crippen LogP contribution in [0.2, 0.25) is 0 Å². The van der Waals surface area contributed by atoms with Gasteiger partial charge in [-0.2, -0.15) is 5.10 Å². The molecule has 0 spiro atoms. The number of aromatic hydroxyl groups is 1. The Balaban J connectivity index is 3.15. The molecule has 52 valence electrons. The third-order valence-electron chi connectivity index (χ3n) is 0.932. The highest BCUT2D eigenvalue weighted by Gasteiger charge is 2.08. The van der Waals surface area contributed by atoms with Crippen molar-refractivity contribution in [2.75, 3.05) is 0 Å². The molecule has 0 bridgehead atoms. The van der Waals surface area contributed by atoms with E-state index in [-0.39, 0.29) is 5.56 Å². The zero-order chi connectivity index (χ0) is 7.56. The summed E-state index contributed by atoms with van der Waals surface area (Å²) in [5.74, 6) is -1.78. The monoisotopic (exact) mass is 140 g/mol. The number of hydrogen-bond acceptors (Lipinski definition) is 4. The summed E-state index contributed by atoms with van der Waals surface area (Å²) in [7, 11) is 0. The fraction of sp³-hybridized carbons (Fsp3) is 0. The van der Waals surface area contributed by atoms with E-state index in [0.29, 0.717) is 0 Å². The molecule has 0 amide bonds. The summed E-state index contributed by atoms with van der Waals surface area (Å²) >= 11 is 0. The van der Waals surface area contributed by atoms with Crippen molar-refractivity contribution in [2.45, 2.75) is 0 Å². The lowest BCUT2D eigenvalue weighted by atomic mass is 10.3. The minimum atomic E-state index is -1.22. The van der Waals surface area contributed by atoms with Crippen LogP contribution in [0.5, 0.6) is 5.88 Å². The average Bonchev–Trinajstić information content (AvgIpc) is 1.88. The van der Waals surface area contributed by atoms with E-state index in [1.165, 1.54) is 12.3 Å². The highest BCUT2D eigenvalue weighted by molar-refractivity contribution is 5.89. The quantitative estimate of drug-likeness (QED) is 0.568. The number of carboxylic acid groups (broad SMARTS) is 1. The van der Waals surface area contributed by atoms with Crippen molar-refractivity contribution in [1.82, 2.24) is 10.2 Å². The Morgan fingerprint density at radius 3 is 2.70 bits per heavy atom. The Morgan fingerprint density at radius 2 is 2.30 bits per heavy atom. The maximum absolute atomic E-state index is 10.2. The van der Waals surface area contributed by atoms with Crippen LogP contribution in [0.3, 0.4) is 0 Å². The number of nitrogens with zero attached hydrogens (tertiary/aromatic N) is 2. The molecule has 10 heavy (non-hydrogen) atoms. The Hall–Kier alpha value is -1.65. The Bertz CT molecular complexity index is 261. The van der Waals surface area contributed by atoms with Crippen LogP contribution in [-0.2, 0) is 0 Å². The van der Waals surface area contributed by atoms with E-state index in [0.717, 1.165) is 0 Å². The van der Waals surface area contributed by atoms with Gasteiger partial charge in [0, 0.05) is 0 Å². The van der Waals surface area contributed by atoms with E-state index in [2.05, 4.69) is 10.2 Å². The first-order valence-corrected chi connectivity index (χ1v) is 2.46. The normalized spacial score (nSPS) is 9.20. The van der Waals surface area contributed by atoms with Gasteiger partial charge in [-0.15, -0.1) is 5.10 Å². The lowest BCUT2D eigenvalue weighted by molar-refractivity contribution is 0.0692. The van der Waals surface area contributed by atoms with Crippen LogP contribution in [0.4, 0.5) is 0 Å². The molecule has 5 heteroatoms. The highest BCUT2D eigenvalue weighted by atomic mass is 16.4. The predicted molar refractivity (Wildman–Crippen MR) is 30.7 cm³/mol. The van der Waals surface area contributed by atoms with E-state index >= 15 is 0 Å². The number of carbonyl (C=O) groups is 1. The zero-order valence-corrected chi connectivity index (χ0v) is 4.85. The van der Waals surface area contributed by atoms with E-state index < -0.39 is 11.8 Å². The molecular weight excluding hydrogens is 136 g/mol. The van der Waals surface area contributed by atoms with Crippen molar-refractivity contribution in [3.05, 3.63) is 17.8 Å². The molecule has 0 saturated heterocycles. The molecule has 2 N–H and O–H groups in total. The minimum Gasteiger partial charge on any atom is -0.492 e. The van der Waals surface area contributed by atoms with Gasteiger partial charge < -0.3 is 10.2 Å². The molecule has 1 aromatic heterocycles. The van der Waals surface area contributed by atoms with Crippen molar-refractivity contribution < 1.29 is 15.0 Å². The maximum Gasteiger partial charge on any atom is 0.341 e. The number of hydrogen-bond donors (Lipinski definition) is 2. The first-order chi connectivity index (χ1) is 4.72. The average molecular weight is 140 g/mol. The molecule has 0 aliphatic carbocycles. The first-order valence-electron chi connectivity index (χ1n) is 2.46. The van der Waals surface area contributed by atoms with Gasteiger partial charge in [0.25, 0.3) is 0 Å². The SMILES string of the molecule is O=C(O)c1ccnnc1O. The van der Waals surface area contributed by atoms with Crippen LogP contribution < -0.4 is 0 Å². The topological polar surface area (TPSA) is 83.3 Å². The van der Waals surface area contributed by atoms with Crippen LogP contribution in [-0.4, -0.2) is 26.4 Å². The molecule has 1 rings (SSSR count). The largest absolute Gasteiger partial charge is 0.492 e. The first kappa shape index (κ1) is 6.47. The summed E-state index contributed by atoms with van der Waals surface area (Å²) in [6.45, 7) is 0. The summed E-state index contributed by atoms with van der Waals surface area (Å²) < 4.78 is 0. The van der Waals surface area contributed by atoms with Gasteiger partial charge in [0.2, 0.25) is 5.88 Å². The van der Waals surface area contributed by atoms with Gasteiger partial charge in [-0.25, -0.2) is 4.79 Å². The number of carboxylic acids is 1. The number of aromatic carboxylic acids is 1. The van der Waals surface area contributed by atoms with Gasteiger partial charge in [-0.05, 0) is 6.07 Å². The molecule has 5 nitrogen and oxygen atoms in total. The van der Waals surface area contributed by atoms with Crippen molar-refractivity contribution in [2.24, 2.45) is 0 Å². The van der Waals surface area contributed by atoms with Gasteiger partial charge in [0.15, 0.2) is 0 Å². The summed E-state index contributed by atoms with van der Waals surface area (Å²) in [6.07, 6.45) is 1.20. The van der Waals surface area contributed by atoms with E-state index in [1.807, 2.05) is 0 Å². The van der Waals surface area contributed by atoms with Crippen molar-refractivity contribution in [1.29, 1.82) is 0 Å². The molecule has 0 aromatic carbocycles. The van der Waals surface area contributed by atoms with Gasteiger partial charge in [0.05, 0.1) is 6.20 Å². The molecule has 0 unspecified atom stereocenters. The second-order valence-corrected chi connectivity index (χ2v) is 1.57. The molecule has 0 fully saturated rings. The van der Waals surface area contributed by atoms with Crippen LogP contribution in [0.15, 0.2) is 12.3 Å². The lowest BCUT2D eigenvalue weighted by Gasteiger charge is -1.92. The minimum absolute atomic E-state index is 0.241. The van der Waals surface area contributed by atoms with E-state index in [9.17, 15) is 4.79 Å². The molecule has 0 radical (unpaired) electrons. The van der Waals surface area contributed by atoms with Gasteiger partial charge >= 0.3 is 5.97 Å². The fourth-order valence-electron chi connectivity index (χ4n) is 0.491. The Morgan fingerprint density at radius 1 is 1.60 bits per heavy atom. The molecule has 1 heterocycles. The fourth-order valence-corrected chi connectivity index (χ4v) is 0.491. The van der Waals surface area contributed by atoms with Crippen LogP contribution >= 0.6 is 0 Å². The van der Waals surface area contributed by atoms with Gasteiger partial charge in [-0.1, -0.05) is 0 Å². The number of rotatable bonds is 1. The Kier molecular flexibility index (Phi) is 1.49. The van der Waals surface area contributed by atoms with Crippen LogP contribution in [0.25, 0.3) is 0 Å². The number of aromatic nitrogens is 2. The van der Waals surface area contributed by atoms with Crippen molar-refractivity contribution in [3.63, 3.8) is 0 Å². The molecule has 0 saturated carbocycles. The zero-order valence-electron chi connectivity index (χ0n) is 4.85. The standard InChI is InChI=1S/C5H4N2O3/c8-4-3(5(9)10)1-2-6-7-4/h1-2H,(H,7,8)(H,9,10). The summed E-state index contributed by atoms with van der Waals surface area (Å²) in [6, 6.07) is 1.17. The second-order valence-electron chi connectivity index (χ2n) is 1.57. The van der Waals surface area contributed by atoms with Crippen LogP contribution in [0, 0.1) is 0 Å². The second kappa shape index (κ2) is 2.30. The molecule has 0 aliphatic heterocycles. The predicted octanol–water partition coefficient (Wildman–Crippen LogP) is -0.120. The Labute approximate surface area is 56.0 Å². The summed E-state index contributed by atoms with van der Waals surface area (Å²) in [5.41, 5.74) is -0.241. The summed E-state index contributed by atoms with van der Waals surface area (Å²) in [5, 5.41) is 23.5. The van der Waals surface area contributed by atoms with E-state index in [1.54, 1.807) is 0 Å². The molecule has 1 aromatic rings. The van der Waals surface area contributed by atoms with Crippen LogP contribution in [0.1, 0.15) is 10.4 Å². The lowest BCUT2D eigenvalue weighted by Crippen LogP contribution is -1.98. The third-order valence-corrected chi connectivity index (χ3v) is 0.932. The summed E-state index contributed by atoms with van der Waals surface area (Å²) in [4.78, 5) is 10.2.